The number of methoxy groups -OCH3 is 1. The van der Waals surface area contributed by atoms with Gasteiger partial charge in [-0.25, -0.2) is 12.7 Å². The van der Waals surface area contributed by atoms with Gasteiger partial charge in [-0.15, -0.1) is 12.4 Å². The van der Waals surface area contributed by atoms with Gasteiger partial charge in [0.2, 0.25) is 10.0 Å². The van der Waals surface area contributed by atoms with Crippen LogP contribution in [0.2, 0.25) is 0 Å². The van der Waals surface area contributed by atoms with Gasteiger partial charge in [-0.05, 0) is 74.0 Å². The van der Waals surface area contributed by atoms with Crippen molar-refractivity contribution < 1.29 is 17.9 Å². The van der Waals surface area contributed by atoms with E-state index in [0.717, 1.165) is 54.8 Å². The zero-order chi connectivity index (χ0) is 23.0. The molecule has 0 bridgehead atoms. The summed E-state index contributed by atoms with van der Waals surface area (Å²) in [5, 5.41) is 3.44. The summed E-state index contributed by atoms with van der Waals surface area (Å²) in [7, 11) is -1.49. The van der Waals surface area contributed by atoms with Crippen LogP contribution >= 0.6 is 12.4 Å². The van der Waals surface area contributed by atoms with E-state index in [1.54, 1.807) is 7.11 Å². The Labute approximate surface area is 204 Å². The van der Waals surface area contributed by atoms with Crippen LogP contribution in [0.15, 0.2) is 42.5 Å². The van der Waals surface area contributed by atoms with E-state index >= 15 is 0 Å². The number of fused-ring (bicyclic) bond motifs is 1. The van der Waals surface area contributed by atoms with Gasteiger partial charge >= 0.3 is 0 Å². The van der Waals surface area contributed by atoms with Crippen LogP contribution in [0.4, 0.5) is 0 Å². The summed E-state index contributed by atoms with van der Waals surface area (Å²) < 4.78 is 30.6. The molecular formula is C25H35ClN2O4S. The fraction of sp³-hybridized carbons (Fsp3) is 0.480. The SMILES string of the molecule is COc1ccccc1CCNCCCCC(=O)c1ccc2c(c1)CCN(S(C)(=O)=O)CC2.Cl. The summed E-state index contributed by atoms with van der Waals surface area (Å²) in [5.74, 6) is 1.08. The van der Waals surface area contributed by atoms with Crippen molar-refractivity contribution in [2.45, 2.75) is 38.5 Å². The molecule has 2 aromatic carbocycles. The van der Waals surface area contributed by atoms with Gasteiger partial charge in [0.15, 0.2) is 5.78 Å². The minimum atomic E-state index is -3.18. The highest BCUT2D eigenvalue weighted by atomic mass is 35.5. The number of ketones is 1. The summed E-state index contributed by atoms with van der Waals surface area (Å²) in [5.41, 5.74) is 4.17. The van der Waals surface area contributed by atoms with Crippen molar-refractivity contribution in [3.63, 3.8) is 0 Å². The maximum absolute atomic E-state index is 12.6. The van der Waals surface area contributed by atoms with Crippen LogP contribution in [0.25, 0.3) is 0 Å². The number of unbranched alkanes of at least 4 members (excludes halogenated alkanes) is 1. The lowest BCUT2D eigenvalue weighted by Gasteiger charge is -2.16. The number of para-hydroxylation sites is 1. The Morgan fingerprint density at radius 2 is 1.76 bits per heavy atom. The minimum absolute atomic E-state index is 0. The molecule has 1 aliphatic rings. The van der Waals surface area contributed by atoms with Crippen LogP contribution < -0.4 is 10.1 Å². The molecule has 1 aliphatic heterocycles. The van der Waals surface area contributed by atoms with Gasteiger partial charge in [0.1, 0.15) is 5.75 Å². The summed E-state index contributed by atoms with van der Waals surface area (Å²) in [6.45, 7) is 2.74. The first-order valence-electron chi connectivity index (χ1n) is 11.3. The second-order valence-electron chi connectivity index (χ2n) is 8.34. The Morgan fingerprint density at radius 3 is 2.48 bits per heavy atom. The van der Waals surface area contributed by atoms with Crippen molar-refractivity contribution in [1.29, 1.82) is 0 Å². The first-order valence-corrected chi connectivity index (χ1v) is 13.2. The standard InChI is InChI=1S/C25H34N2O4S.ClH/c1-31-25-9-4-3-7-21(25)12-16-26-15-6-5-8-24(28)23-11-10-20-13-17-27(32(2,29)30)18-14-22(20)19-23;/h3-4,7,9-11,19,26H,5-6,8,12-18H2,1-2H3;1H. The topological polar surface area (TPSA) is 75.7 Å². The summed E-state index contributed by atoms with van der Waals surface area (Å²) in [6, 6.07) is 13.9. The normalized spacial score (nSPS) is 14.1. The van der Waals surface area contributed by atoms with Gasteiger partial charge in [0.05, 0.1) is 13.4 Å². The van der Waals surface area contributed by atoms with Gasteiger partial charge in [-0.2, -0.15) is 0 Å². The van der Waals surface area contributed by atoms with Crippen LogP contribution in [0, 0.1) is 0 Å². The highest BCUT2D eigenvalue weighted by Crippen LogP contribution is 2.20. The minimum Gasteiger partial charge on any atom is -0.496 e. The van der Waals surface area contributed by atoms with Gasteiger partial charge in [-0.3, -0.25) is 4.79 Å². The summed E-state index contributed by atoms with van der Waals surface area (Å²) in [4.78, 5) is 12.6. The molecule has 0 saturated heterocycles. The number of carbonyl (C=O) groups is 1. The number of nitrogens with one attached hydrogen (secondary N) is 1. The Hall–Kier alpha value is -1.93. The highest BCUT2D eigenvalue weighted by Gasteiger charge is 2.21. The van der Waals surface area contributed by atoms with E-state index in [2.05, 4.69) is 11.4 Å². The van der Waals surface area contributed by atoms with Crippen molar-refractivity contribution in [3.8, 4) is 5.75 Å². The predicted octanol–water partition coefficient (Wildman–Crippen LogP) is 3.66. The molecule has 0 aromatic heterocycles. The number of rotatable bonds is 11. The largest absolute Gasteiger partial charge is 0.496 e. The van der Waals surface area contributed by atoms with Crippen molar-refractivity contribution in [3.05, 3.63) is 64.7 Å². The third-order valence-electron chi connectivity index (χ3n) is 6.03. The monoisotopic (exact) mass is 494 g/mol. The molecule has 8 heteroatoms. The van der Waals surface area contributed by atoms with Crippen LogP contribution in [0.1, 0.15) is 46.3 Å². The molecular weight excluding hydrogens is 460 g/mol. The average Bonchev–Trinajstić information content (AvgIpc) is 3.00. The molecule has 3 rings (SSSR count). The lowest BCUT2D eigenvalue weighted by molar-refractivity contribution is 0.0979. The molecule has 1 N–H and O–H groups in total. The number of Topliss-reactive ketones (excluding diaryl/α,β-unsaturated/α-hetero) is 1. The fourth-order valence-electron chi connectivity index (χ4n) is 4.15. The smallest absolute Gasteiger partial charge is 0.211 e. The van der Waals surface area contributed by atoms with E-state index < -0.39 is 10.0 Å². The van der Waals surface area contributed by atoms with Crippen molar-refractivity contribution >= 4 is 28.2 Å². The lowest BCUT2D eigenvalue weighted by atomic mass is 9.97. The van der Waals surface area contributed by atoms with Crippen LogP contribution in [-0.2, 0) is 29.3 Å². The number of benzene rings is 2. The Morgan fingerprint density at radius 1 is 1.03 bits per heavy atom. The molecule has 0 amide bonds. The second kappa shape index (κ2) is 13.1. The number of halogens is 1. The molecule has 2 aromatic rings. The zero-order valence-corrected chi connectivity index (χ0v) is 21.1. The number of ether oxygens (including phenoxy) is 1. The maximum atomic E-state index is 12.6. The Balaban J connectivity index is 0.00000385. The number of sulfonamides is 1. The molecule has 0 radical (unpaired) electrons. The van der Waals surface area contributed by atoms with Crippen LogP contribution in [-0.4, -0.2) is 58.1 Å². The lowest BCUT2D eigenvalue weighted by Crippen LogP contribution is -2.32. The third kappa shape index (κ3) is 8.10. The molecule has 0 unspecified atom stereocenters. The maximum Gasteiger partial charge on any atom is 0.211 e. The van der Waals surface area contributed by atoms with Gasteiger partial charge in [0.25, 0.3) is 0 Å². The van der Waals surface area contributed by atoms with Crippen molar-refractivity contribution in [1.82, 2.24) is 9.62 Å². The number of carbonyl (C=O) groups excluding carboxylic acids is 1. The first kappa shape index (κ1) is 27.3. The van der Waals surface area contributed by atoms with E-state index in [-0.39, 0.29) is 18.2 Å². The van der Waals surface area contributed by atoms with E-state index in [1.807, 2.05) is 36.4 Å². The van der Waals surface area contributed by atoms with E-state index in [0.29, 0.717) is 32.4 Å². The molecule has 6 nitrogen and oxygen atoms in total. The molecule has 0 spiro atoms. The molecule has 0 aliphatic carbocycles. The summed E-state index contributed by atoms with van der Waals surface area (Å²) in [6.07, 6.45) is 5.84. The van der Waals surface area contributed by atoms with Gasteiger partial charge in [0, 0.05) is 25.1 Å². The number of nitrogens with zero attached hydrogens (tertiary/aromatic N) is 1. The molecule has 182 valence electrons. The summed E-state index contributed by atoms with van der Waals surface area (Å²) >= 11 is 0. The molecule has 0 saturated carbocycles. The Bertz CT molecular complexity index is 1030. The molecule has 0 atom stereocenters. The average molecular weight is 495 g/mol. The molecule has 33 heavy (non-hydrogen) atoms. The number of hydrogen-bond donors (Lipinski definition) is 1. The van der Waals surface area contributed by atoms with Gasteiger partial charge in [-0.1, -0.05) is 30.3 Å². The van der Waals surface area contributed by atoms with Crippen LogP contribution in [0.3, 0.4) is 0 Å². The van der Waals surface area contributed by atoms with Gasteiger partial charge < -0.3 is 10.1 Å². The van der Waals surface area contributed by atoms with Crippen molar-refractivity contribution in [2.75, 3.05) is 39.5 Å². The van der Waals surface area contributed by atoms with E-state index in [9.17, 15) is 13.2 Å². The number of hydrogen-bond acceptors (Lipinski definition) is 5. The first-order chi connectivity index (χ1) is 15.4. The molecule has 1 heterocycles. The van der Waals surface area contributed by atoms with E-state index in [4.69, 9.17) is 4.74 Å². The quantitative estimate of drug-likeness (QED) is 0.381. The predicted molar refractivity (Wildman–Crippen MR) is 135 cm³/mol. The Kier molecular flexibility index (Phi) is 10.8. The van der Waals surface area contributed by atoms with Crippen molar-refractivity contribution in [2.24, 2.45) is 0 Å². The molecule has 0 fully saturated rings. The zero-order valence-electron chi connectivity index (χ0n) is 19.5. The highest BCUT2D eigenvalue weighted by molar-refractivity contribution is 7.88. The fourth-order valence-corrected chi connectivity index (χ4v) is 4.99. The third-order valence-corrected chi connectivity index (χ3v) is 7.33. The second-order valence-corrected chi connectivity index (χ2v) is 10.3. The van der Waals surface area contributed by atoms with Crippen LogP contribution in [0.5, 0.6) is 5.75 Å². The van der Waals surface area contributed by atoms with E-state index in [1.165, 1.54) is 16.1 Å².